The second-order valence-electron chi connectivity index (χ2n) is 7.90. The molecule has 1 aliphatic carbocycles. The summed E-state index contributed by atoms with van der Waals surface area (Å²) in [6, 6.07) is 8.37. The number of piperidine rings is 1. The summed E-state index contributed by atoms with van der Waals surface area (Å²) < 4.78 is 13.1. The van der Waals surface area contributed by atoms with Crippen LogP contribution in [-0.4, -0.2) is 49.4 Å². The van der Waals surface area contributed by atoms with E-state index in [0.29, 0.717) is 17.1 Å². The van der Waals surface area contributed by atoms with E-state index < -0.39 is 0 Å². The monoisotopic (exact) mass is 421 g/mol. The van der Waals surface area contributed by atoms with Crippen LogP contribution in [0.25, 0.3) is 11.2 Å². The maximum atomic E-state index is 12.1. The first kappa shape index (κ1) is 19.3. The van der Waals surface area contributed by atoms with E-state index in [0.717, 1.165) is 17.6 Å². The summed E-state index contributed by atoms with van der Waals surface area (Å²) in [4.78, 5) is 26.5. The van der Waals surface area contributed by atoms with Gasteiger partial charge in [-0.25, -0.2) is 9.97 Å². The quantitative estimate of drug-likeness (QED) is 0.491. The van der Waals surface area contributed by atoms with Crippen molar-refractivity contribution in [2.75, 3.05) is 25.1 Å². The van der Waals surface area contributed by atoms with Gasteiger partial charge < -0.3 is 18.7 Å². The molecule has 10 heteroatoms. The molecule has 0 spiro atoms. The number of hydrogen-bond acceptors (Lipinski definition) is 8. The number of imidazole rings is 1. The molecule has 2 atom stereocenters. The molecule has 4 aromatic rings. The van der Waals surface area contributed by atoms with Crippen LogP contribution in [-0.2, 0) is 13.6 Å². The van der Waals surface area contributed by atoms with Crippen LogP contribution in [0.3, 0.4) is 0 Å². The second-order valence-corrected chi connectivity index (χ2v) is 7.90. The fraction of sp³-hybridized carbons (Fsp3) is 0.381. The molecule has 3 aromatic heterocycles. The van der Waals surface area contributed by atoms with Crippen LogP contribution in [0.5, 0.6) is 5.75 Å². The number of nitrogens with zero attached hydrogens (tertiary/aromatic N) is 7. The zero-order valence-corrected chi connectivity index (χ0v) is 17.4. The van der Waals surface area contributed by atoms with E-state index in [-0.39, 0.29) is 12.1 Å². The molecule has 2 aliphatic rings. The third-order valence-electron chi connectivity index (χ3n) is 5.81. The number of aromatic nitrogens is 6. The largest absolute Gasteiger partial charge is 0.497 e. The smallest absolute Gasteiger partial charge is 0.280 e. The highest BCUT2D eigenvalue weighted by Crippen LogP contribution is 2.46. The predicted molar refractivity (Wildman–Crippen MR) is 113 cm³/mol. The van der Waals surface area contributed by atoms with Gasteiger partial charge in [0.1, 0.15) is 18.6 Å². The van der Waals surface area contributed by atoms with Crippen molar-refractivity contribution in [3.05, 3.63) is 59.5 Å². The summed E-state index contributed by atoms with van der Waals surface area (Å²) in [6.07, 6.45) is 5.72. The summed E-state index contributed by atoms with van der Waals surface area (Å²) in [7, 11) is 3.47. The molecule has 160 valence electrons. The van der Waals surface area contributed by atoms with E-state index in [4.69, 9.17) is 9.26 Å². The third-order valence-corrected chi connectivity index (χ3v) is 5.81. The van der Waals surface area contributed by atoms with Crippen molar-refractivity contribution in [1.29, 1.82) is 0 Å². The number of rotatable bonds is 4. The van der Waals surface area contributed by atoms with Crippen molar-refractivity contribution in [2.24, 2.45) is 18.9 Å². The number of aryl methyl sites for hydroxylation is 1. The Morgan fingerprint density at radius 2 is 1.97 bits per heavy atom. The van der Waals surface area contributed by atoms with Crippen LogP contribution in [0.4, 0.5) is 5.69 Å². The van der Waals surface area contributed by atoms with Gasteiger partial charge in [-0.2, -0.15) is 4.98 Å². The molecule has 0 amide bonds. The lowest BCUT2D eigenvalue weighted by molar-refractivity contribution is 0.368. The molecule has 0 radical (unpaired) electrons. The molecule has 2 fully saturated rings. The van der Waals surface area contributed by atoms with Crippen LogP contribution < -0.4 is 15.2 Å². The van der Waals surface area contributed by atoms with E-state index >= 15 is 0 Å². The molecule has 0 N–H and O–H groups in total. The lowest BCUT2D eigenvalue weighted by Crippen LogP contribution is -2.22. The molecule has 1 saturated heterocycles. The van der Waals surface area contributed by atoms with Gasteiger partial charge in [-0.3, -0.25) is 9.36 Å². The van der Waals surface area contributed by atoms with Crippen LogP contribution in [0.2, 0.25) is 0 Å². The Hall–Kier alpha value is -3.69. The highest BCUT2D eigenvalue weighted by molar-refractivity contribution is 5.68. The van der Waals surface area contributed by atoms with Crippen LogP contribution in [0.1, 0.15) is 12.3 Å². The first-order chi connectivity index (χ1) is 15.1. The van der Waals surface area contributed by atoms with Crippen molar-refractivity contribution < 1.29 is 9.26 Å². The SMILES string of the molecule is COc1cccc(N2C[C@H]3C[C@H]3C2)c1.Cn1cnc2ncn(Cc3ncno3)c(=O)c21. The van der Waals surface area contributed by atoms with Crippen LogP contribution in [0.15, 0.2) is 52.6 Å². The molecule has 31 heavy (non-hydrogen) atoms. The summed E-state index contributed by atoms with van der Waals surface area (Å²) >= 11 is 0. The average Bonchev–Trinajstić information content (AvgIpc) is 3.18. The van der Waals surface area contributed by atoms with Crippen molar-refractivity contribution in [2.45, 2.75) is 13.0 Å². The Labute approximate surface area is 178 Å². The molecular weight excluding hydrogens is 398 g/mol. The first-order valence-electron chi connectivity index (χ1n) is 10.1. The molecule has 1 saturated carbocycles. The Balaban J connectivity index is 0.000000134. The van der Waals surface area contributed by atoms with Gasteiger partial charge in [0.15, 0.2) is 17.5 Å². The van der Waals surface area contributed by atoms with Gasteiger partial charge in [0.05, 0.1) is 13.4 Å². The predicted octanol–water partition coefficient (Wildman–Crippen LogP) is 1.71. The van der Waals surface area contributed by atoms with Crippen molar-refractivity contribution in [3.63, 3.8) is 0 Å². The average molecular weight is 421 g/mol. The summed E-state index contributed by atoms with van der Waals surface area (Å²) in [6.45, 7) is 2.70. The number of methoxy groups -OCH3 is 1. The normalized spacial score (nSPS) is 19.1. The standard InChI is InChI=1S/C12H15NO.C9H8N6O2/c1-14-12-4-2-3-11(6-12)13-7-9-5-10(9)8-13;1-14-4-11-8-7(14)9(16)15(5-12-8)2-6-10-3-13-17-6/h2-4,6,9-10H,5,7-8H2,1H3;3-5H,2H2,1H3/t9-,10+;. The van der Waals surface area contributed by atoms with Crippen LogP contribution in [0, 0.1) is 11.8 Å². The minimum atomic E-state index is -0.187. The zero-order chi connectivity index (χ0) is 21.4. The Kier molecular flexibility index (Phi) is 4.89. The van der Waals surface area contributed by atoms with Crippen molar-refractivity contribution in [1.82, 2.24) is 29.2 Å². The number of hydrogen-bond donors (Lipinski definition) is 0. The van der Waals surface area contributed by atoms with Gasteiger partial charge in [0.25, 0.3) is 5.56 Å². The van der Waals surface area contributed by atoms with Crippen molar-refractivity contribution in [3.8, 4) is 5.75 Å². The maximum Gasteiger partial charge on any atom is 0.280 e. The molecule has 6 rings (SSSR count). The van der Waals surface area contributed by atoms with E-state index in [1.165, 1.54) is 42.4 Å². The maximum absolute atomic E-state index is 12.1. The topological polar surface area (TPSA) is 104 Å². The number of ether oxygens (including phenoxy) is 1. The van der Waals surface area contributed by atoms with Gasteiger partial charge in [0, 0.05) is 31.9 Å². The minimum absolute atomic E-state index is 0.187. The summed E-state index contributed by atoms with van der Waals surface area (Å²) in [5.74, 6) is 3.29. The van der Waals surface area contributed by atoms with Gasteiger partial charge >= 0.3 is 0 Å². The van der Waals surface area contributed by atoms with Crippen molar-refractivity contribution >= 4 is 16.9 Å². The molecule has 4 heterocycles. The molecular formula is C21H23N7O3. The summed E-state index contributed by atoms with van der Waals surface area (Å²) in [5.41, 5.74) is 2.01. The fourth-order valence-corrected chi connectivity index (χ4v) is 4.01. The van der Waals surface area contributed by atoms with E-state index in [2.05, 4.69) is 43.2 Å². The van der Waals surface area contributed by atoms with E-state index in [1.54, 1.807) is 25.1 Å². The molecule has 10 nitrogen and oxygen atoms in total. The Morgan fingerprint density at radius 1 is 1.16 bits per heavy atom. The fourth-order valence-electron chi connectivity index (χ4n) is 4.01. The molecule has 1 aliphatic heterocycles. The Bertz CT molecular complexity index is 1240. The van der Waals surface area contributed by atoms with Gasteiger partial charge in [0.2, 0.25) is 5.89 Å². The van der Waals surface area contributed by atoms with Crippen LogP contribution >= 0.6 is 0 Å². The highest BCUT2D eigenvalue weighted by atomic mass is 16.5. The van der Waals surface area contributed by atoms with Gasteiger partial charge in [-0.15, -0.1) is 0 Å². The number of benzene rings is 1. The lowest BCUT2D eigenvalue weighted by Gasteiger charge is -2.20. The van der Waals surface area contributed by atoms with E-state index in [9.17, 15) is 4.79 Å². The lowest BCUT2D eigenvalue weighted by atomic mass is 10.2. The zero-order valence-electron chi connectivity index (χ0n) is 17.4. The minimum Gasteiger partial charge on any atom is -0.497 e. The number of anilines is 1. The molecule has 1 aromatic carbocycles. The second kappa shape index (κ2) is 7.86. The summed E-state index contributed by atoms with van der Waals surface area (Å²) in [5, 5.41) is 3.48. The number of fused-ring (bicyclic) bond motifs is 2. The van der Waals surface area contributed by atoms with E-state index in [1.807, 2.05) is 6.07 Å². The van der Waals surface area contributed by atoms with Gasteiger partial charge in [-0.05, 0) is 30.4 Å². The highest BCUT2D eigenvalue weighted by Gasteiger charge is 2.45. The third kappa shape index (κ3) is 3.88. The van der Waals surface area contributed by atoms with Gasteiger partial charge in [-0.1, -0.05) is 11.2 Å². The molecule has 0 bridgehead atoms. The Morgan fingerprint density at radius 3 is 2.71 bits per heavy atom. The first-order valence-corrected chi connectivity index (χ1v) is 10.1. The molecule has 0 unspecified atom stereocenters.